The Kier molecular flexibility index (Phi) is 4.81. The zero-order chi connectivity index (χ0) is 17.8. The molecule has 0 aliphatic carbocycles. The molecule has 2 aromatic carbocycles. The van der Waals surface area contributed by atoms with Gasteiger partial charge in [-0.05, 0) is 24.3 Å². The van der Waals surface area contributed by atoms with Crippen molar-refractivity contribution in [2.24, 2.45) is 5.73 Å². The molecule has 0 radical (unpaired) electrons. The molecule has 1 aromatic heterocycles. The maximum atomic E-state index is 12.3. The van der Waals surface area contributed by atoms with Crippen LogP contribution in [-0.4, -0.2) is 28.3 Å². The number of rotatable bonds is 5. The second-order valence-corrected chi connectivity index (χ2v) is 5.66. The van der Waals surface area contributed by atoms with Crippen LogP contribution in [0.25, 0.3) is 16.9 Å². The summed E-state index contributed by atoms with van der Waals surface area (Å²) in [5.74, 6) is -1.40. The number of carbonyl (C=O) groups excluding carboxylic acids is 2. The molecule has 0 atom stereocenters. The Morgan fingerprint density at radius 1 is 1.08 bits per heavy atom. The Balaban J connectivity index is 2.04. The van der Waals surface area contributed by atoms with Crippen molar-refractivity contribution in [2.45, 2.75) is 0 Å². The highest BCUT2D eigenvalue weighted by Crippen LogP contribution is 2.25. The Morgan fingerprint density at radius 2 is 1.76 bits per heavy atom. The number of hydrogen-bond donors (Lipinski definition) is 1. The van der Waals surface area contributed by atoms with Gasteiger partial charge in [0.2, 0.25) is 0 Å². The number of para-hydroxylation sites is 1. The molecule has 6 nitrogen and oxygen atoms in total. The van der Waals surface area contributed by atoms with Crippen LogP contribution in [0.15, 0.2) is 60.8 Å². The molecule has 0 unspecified atom stereocenters. The Morgan fingerprint density at radius 3 is 2.40 bits per heavy atom. The van der Waals surface area contributed by atoms with E-state index in [1.807, 2.05) is 30.3 Å². The number of nitrogens with two attached hydrogens (primary N) is 1. The molecule has 1 amide bonds. The molecule has 0 fully saturated rings. The molecular weight excluding hydrogens is 342 g/mol. The number of aromatic nitrogens is 2. The fourth-order valence-corrected chi connectivity index (χ4v) is 2.40. The average Bonchev–Trinajstić information content (AvgIpc) is 3.06. The predicted octanol–water partition coefficient (Wildman–Crippen LogP) is 2.83. The first-order chi connectivity index (χ1) is 12.0. The van der Waals surface area contributed by atoms with E-state index in [-0.39, 0.29) is 5.56 Å². The van der Waals surface area contributed by atoms with Crippen molar-refractivity contribution in [1.82, 2.24) is 9.78 Å². The quantitative estimate of drug-likeness (QED) is 0.713. The van der Waals surface area contributed by atoms with Gasteiger partial charge in [0.15, 0.2) is 6.61 Å². The van der Waals surface area contributed by atoms with Gasteiger partial charge in [0, 0.05) is 16.8 Å². The monoisotopic (exact) mass is 355 g/mol. The number of primary amides is 1. The second-order valence-electron chi connectivity index (χ2n) is 5.22. The normalized spacial score (nSPS) is 10.4. The summed E-state index contributed by atoms with van der Waals surface area (Å²) in [4.78, 5) is 23.2. The van der Waals surface area contributed by atoms with E-state index in [2.05, 4.69) is 5.10 Å². The van der Waals surface area contributed by atoms with Crippen molar-refractivity contribution in [3.05, 3.63) is 71.4 Å². The van der Waals surface area contributed by atoms with Crippen molar-refractivity contribution in [2.75, 3.05) is 6.61 Å². The Hall–Kier alpha value is -3.12. The molecule has 3 rings (SSSR count). The lowest BCUT2D eigenvalue weighted by molar-refractivity contribution is -0.121. The first-order valence-corrected chi connectivity index (χ1v) is 7.79. The van der Waals surface area contributed by atoms with Gasteiger partial charge in [0.25, 0.3) is 5.91 Å². The largest absolute Gasteiger partial charge is 0.452 e. The highest BCUT2D eigenvalue weighted by Gasteiger charge is 2.20. The molecule has 0 saturated heterocycles. The van der Waals surface area contributed by atoms with E-state index in [9.17, 15) is 9.59 Å². The molecule has 0 bridgehead atoms. The van der Waals surface area contributed by atoms with Crippen molar-refractivity contribution in [3.8, 4) is 16.9 Å². The van der Waals surface area contributed by atoms with E-state index >= 15 is 0 Å². The molecule has 0 aliphatic heterocycles. The number of nitrogens with zero attached hydrogens (tertiary/aromatic N) is 2. The third-order valence-corrected chi connectivity index (χ3v) is 3.67. The van der Waals surface area contributed by atoms with Crippen LogP contribution >= 0.6 is 11.6 Å². The molecule has 0 saturated carbocycles. The van der Waals surface area contributed by atoms with E-state index < -0.39 is 18.5 Å². The second kappa shape index (κ2) is 7.19. The van der Waals surface area contributed by atoms with Crippen molar-refractivity contribution < 1.29 is 14.3 Å². The molecule has 0 spiro atoms. The summed E-state index contributed by atoms with van der Waals surface area (Å²) < 4.78 is 6.51. The van der Waals surface area contributed by atoms with Gasteiger partial charge in [0.05, 0.1) is 5.69 Å². The number of ether oxygens (including phenoxy) is 1. The minimum Gasteiger partial charge on any atom is -0.452 e. The third kappa shape index (κ3) is 3.87. The van der Waals surface area contributed by atoms with Crippen molar-refractivity contribution >= 4 is 23.5 Å². The van der Waals surface area contributed by atoms with Gasteiger partial charge in [-0.25, -0.2) is 9.48 Å². The van der Waals surface area contributed by atoms with Gasteiger partial charge in [-0.15, -0.1) is 0 Å². The smallest absolute Gasteiger partial charge is 0.342 e. The first kappa shape index (κ1) is 16.7. The SMILES string of the molecule is NC(=O)COC(=O)c1cn(-c2ccccc2)nc1-c1ccc(Cl)cc1. The number of amides is 1. The lowest BCUT2D eigenvalue weighted by Gasteiger charge is -2.03. The standard InChI is InChI=1S/C18H14ClN3O3/c19-13-8-6-12(7-9-13)17-15(18(24)25-11-16(20)23)10-22(21-17)14-4-2-1-3-5-14/h1-10H,11H2,(H2,20,23). The third-order valence-electron chi connectivity index (χ3n) is 3.42. The summed E-state index contributed by atoms with van der Waals surface area (Å²) in [5, 5.41) is 5.06. The summed E-state index contributed by atoms with van der Waals surface area (Å²) in [7, 11) is 0. The van der Waals surface area contributed by atoms with Crippen molar-refractivity contribution in [3.63, 3.8) is 0 Å². The summed E-state index contributed by atoms with van der Waals surface area (Å²) >= 11 is 5.92. The molecule has 2 N–H and O–H groups in total. The topological polar surface area (TPSA) is 87.2 Å². The Bertz CT molecular complexity index is 905. The van der Waals surface area contributed by atoms with Crippen LogP contribution in [0.3, 0.4) is 0 Å². The fourth-order valence-electron chi connectivity index (χ4n) is 2.27. The van der Waals surface area contributed by atoms with E-state index in [0.29, 0.717) is 16.3 Å². The van der Waals surface area contributed by atoms with E-state index in [1.54, 1.807) is 35.1 Å². The number of esters is 1. The molecule has 7 heteroatoms. The summed E-state index contributed by atoms with van der Waals surface area (Å²) in [6.07, 6.45) is 1.56. The van der Waals surface area contributed by atoms with Crippen LogP contribution in [0.1, 0.15) is 10.4 Å². The zero-order valence-corrected chi connectivity index (χ0v) is 13.8. The zero-order valence-electron chi connectivity index (χ0n) is 13.1. The number of hydrogen-bond acceptors (Lipinski definition) is 4. The number of benzene rings is 2. The lowest BCUT2D eigenvalue weighted by atomic mass is 10.1. The van der Waals surface area contributed by atoms with Gasteiger partial charge in [-0.3, -0.25) is 4.79 Å². The first-order valence-electron chi connectivity index (χ1n) is 7.41. The predicted molar refractivity (Wildman–Crippen MR) is 93.5 cm³/mol. The van der Waals surface area contributed by atoms with E-state index in [0.717, 1.165) is 5.69 Å². The van der Waals surface area contributed by atoms with Crippen LogP contribution in [0.4, 0.5) is 0 Å². The molecule has 3 aromatic rings. The molecular formula is C18H14ClN3O3. The van der Waals surface area contributed by atoms with E-state index in [4.69, 9.17) is 22.1 Å². The maximum absolute atomic E-state index is 12.3. The summed E-state index contributed by atoms with van der Waals surface area (Å²) in [6, 6.07) is 16.3. The number of carbonyl (C=O) groups is 2. The minimum atomic E-state index is -0.725. The van der Waals surface area contributed by atoms with Crippen LogP contribution in [-0.2, 0) is 9.53 Å². The van der Waals surface area contributed by atoms with Crippen LogP contribution < -0.4 is 5.73 Å². The average molecular weight is 356 g/mol. The van der Waals surface area contributed by atoms with Gasteiger partial charge in [0.1, 0.15) is 11.3 Å². The van der Waals surface area contributed by atoms with Crippen LogP contribution in [0.2, 0.25) is 5.02 Å². The van der Waals surface area contributed by atoms with Crippen LogP contribution in [0, 0.1) is 0 Å². The highest BCUT2D eigenvalue weighted by atomic mass is 35.5. The summed E-state index contributed by atoms with van der Waals surface area (Å²) in [6.45, 7) is -0.491. The van der Waals surface area contributed by atoms with Crippen LogP contribution in [0.5, 0.6) is 0 Å². The van der Waals surface area contributed by atoms with Gasteiger partial charge < -0.3 is 10.5 Å². The van der Waals surface area contributed by atoms with Gasteiger partial charge in [-0.2, -0.15) is 5.10 Å². The molecule has 25 heavy (non-hydrogen) atoms. The van der Waals surface area contributed by atoms with Gasteiger partial charge in [-0.1, -0.05) is 41.9 Å². The highest BCUT2D eigenvalue weighted by molar-refractivity contribution is 6.30. The molecule has 126 valence electrons. The maximum Gasteiger partial charge on any atom is 0.342 e. The number of halogens is 1. The Labute approximate surface area is 148 Å². The van der Waals surface area contributed by atoms with Crippen molar-refractivity contribution in [1.29, 1.82) is 0 Å². The fraction of sp³-hybridized carbons (Fsp3) is 0.0556. The molecule has 1 heterocycles. The van der Waals surface area contributed by atoms with E-state index in [1.165, 1.54) is 0 Å². The summed E-state index contributed by atoms with van der Waals surface area (Å²) in [5.41, 5.74) is 7.17. The van der Waals surface area contributed by atoms with Gasteiger partial charge >= 0.3 is 5.97 Å². The molecule has 0 aliphatic rings. The minimum absolute atomic E-state index is 0.229. The lowest BCUT2D eigenvalue weighted by Crippen LogP contribution is -2.21.